The summed E-state index contributed by atoms with van der Waals surface area (Å²) in [5.74, 6) is -1.63. The zero-order chi connectivity index (χ0) is 30.5. The number of aliphatic hydroxyl groups excluding tert-OH is 6. The Labute approximate surface area is 238 Å². The van der Waals surface area contributed by atoms with Gasteiger partial charge in [-0.05, 0) is 25.1 Å². The van der Waals surface area contributed by atoms with Crippen LogP contribution in [0.1, 0.15) is 24.2 Å². The van der Waals surface area contributed by atoms with Gasteiger partial charge in [-0.3, -0.25) is 0 Å². The van der Waals surface area contributed by atoms with E-state index in [1.54, 1.807) is 0 Å². The first-order valence-electron chi connectivity index (χ1n) is 13.0. The molecule has 10 N–H and O–H groups in total. The molecule has 0 bridgehead atoms. The maximum atomic E-state index is 10.7. The number of benzene rings is 2. The number of hydrogen-bond donors (Lipinski definition) is 10. The molecule has 3 aliphatic heterocycles. The minimum absolute atomic E-state index is 0.0387. The van der Waals surface area contributed by atoms with E-state index in [1.165, 1.54) is 37.3 Å². The van der Waals surface area contributed by atoms with Crippen LogP contribution < -0.4 is 4.74 Å². The zero-order valence-corrected chi connectivity index (χ0v) is 22.0. The van der Waals surface area contributed by atoms with Crippen LogP contribution in [0.4, 0.5) is 0 Å². The quantitative estimate of drug-likeness (QED) is 0.173. The Morgan fingerprint density at radius 1 is 0.714 bits per heavy atom. The molecule has 230 valence electrons. The maximum Gasteiger partial charge on any atom is 0.228 e. The molecule has 11 atom stereocenters. The molecule has 15 nitrogen and oxygen atoms in total. The molecule has 5 rings (SSSR count). The van der Waals surface area contributed by atoms with Crippen LogP contribution in [-0.2, 0) is 18.9 Å². The first-order valence-corrected chi connectivity index (χ1v) is 13.0. The van der Waals surface area contributed by atoms with Crippen LogP contribution in [0.15, 0.2) is 36.1 Å². The zero-order valence-electron chi connectivity index (χ0n) is 22.0. The highest BCUT2D eigenvalue weighted by Crippen LogP contribution is 2.45. The summed E-state index contributed by atoms with van der Waals surface area (Å²) in [4.78, 5) is 0. The summed E-state index contributed by atoms with van der Waals surface area (Å²) in [6, 6.07) is 6.06. The predicted molar refractivity (Wildman–Crippen MR) is 137 cm³/mol. The van der Waals surface area contributed by atoms with Gasteiger partial charge in [-0.2, -0.15) is 0 Å². The summed E-state index contributed by atoms with van der Waals surface area (Å²) >= 11 is 0. The third-order valence-corrected chi connectivity index (χ3v) is 7.35. The lowest BCUT2D eigenvalue weighted by atomic mass is 9.98. The van der Waals surface area contributed by atoms with Gasteiger partial charge in [0.25, 0.3) is 0 Å². The molecular weight excluding hydrogens is 564 g/mol. The molecular formula is C27H32O15. The SMILES string of the molecule is CC1OC(OCC2OC(OC3=Cc4c(O)cc(O)cc4OC3c3ccc(O)c(O)c3)C(O)C(O)C2O)C(O)C(O)C1O. The third kappa shape index (κ3) is 5.66. The van der Waals surface area contributed by atoms with Gasteiger partial charge in [-0.1, -0.05) is 6.07 Å². The van der Waals surface area contributed by atoms with E-state index >= 15 is 0 Å². The largest absolute Gasteiger partial charge is 0.508 e. The molecule has 0 spiro atoms. The van der Waals surface area contributed by atoms with Gasteiger partial charge in [-0.25, -0.2) is 0 Å². The number of hydrogen-bond acceptors (Lipinski definition) is 15. The molecule has 0 aliphatic carbocycles. The molecule has 3 heterocycles. The number of phenols is 4. The van der Waals surface area contributed by atoms with Gasteiger partial charge in [0.2, 0.25) is 6.29 Å². The Hall–Kier alpha value is -3.38. The number of aliphatic hydroxyl groups is 6. The van der Waals surface area contributed by atoms with Gasteiger partial charge in [0.15, 0.2) is 23.9 Å². The van der Waals surface area contributed by atoms with E-state index < -0.39 is 85.6 Å². The molecule has 11 unspecified atom stereocenters. The van der Waals surface area contributed by atoms with E-state index in [0.717, 1.165) is 6.07 Å². The highest BCUT2D eigenvalue weighted by atomic mass is 16.7. The molecule has 2 fully saturated rings. The Kier molecular flexibility index (Phi) is 8.39. The van der Waals surface area contributed by atoms with Crippen LogP contribution in [0.3, 0.4) is 0 Å². The second-order valence-electron chi connectivity index (χ2n) is 10.3. The van der Waals surface area contributed by atoms with E-state index in [2.05, 4.69) is 0 Å². The van der Waals surface area contributed by atoms with Crippen molar-refractivity contribution in [1.29, 1.82) is 0 Å². The van der Waals surface area contributed by atoms with Gasteiger partial charge < -0.3 is 74.7 Å². The molecule has 2 aromatic rings. The first-order chi connectivity index (χ1) is 19.8. The molecule has 3 aliphatic rings. The van der Waals surface area contributed by atoms with Crippen LogP contribution in [0.25, 0.3) is 6.08 Å². The molecule has 0 radical (unpaired) electrons. The molecule has 0 saturated carbocycles. The Balaban J connectivity index is 1.39. The summed E-state index contributed by atoms with van der Waals surface area (Å²) in [5.41, 5.74) is 0.334. The van der Waals surface area contributed by atoms with E-state index in [1.807, 2.05) is 0 Å². The molecule has 2 saturated heterocycles. The van der Waals surface area contributed by atoms with Crippen molar-refractivity contribution >= 4 is 6.08 Å². The summed E-state index contributed by atoms with van der Waals surface area (Å²) in [5, 5.41) is 102. The number of rotatable bonds is 6. The third-order valence-electron chi connectivity index (χ3n) is 7.35. The summed E-state index contributed by atoms with van der Waals surface area (Å²) in [7, 11) is 0. The Morgan fingerprint density at radius 2 is 1.40 bits per heavy atom. The van der Waals surface area contributed by atoms with Crippen molar-refractivity contribution in [1.82, 2.24) is 0 Å². The minimum atomic E-state index is -1.81. The van der Waals surface area contributed by atoms with E-state index in [0.29, 0.717) is 0 Å². The van der Waals surface area contributed by atoms with Gasteiger partial charge in [-0.15, -0.1) is 0 Å². The monoisotopic (exact) mass is 596 g/mol. The lowest BCUT2D eigenvalue weighted by Gasteiger charge is -2.43. The average Bonchev–Trinajstić information content (AvgIpc) is 2.95. The molecule has 42 heavy (non-hydrogen) atoms. The number of phenolic OH excluding ortho intramolecular Hbond substituents is 4. The van der Waals surface area contributed by atoms with Gasteiger partial charge >= 0.3 is 0 Å². The lowest BCUT2D eigenvalue weighted by Crippen LogP contribution is -2.61. The summed E-state index contributed by atoms with van der Waals surface area (Å²) in [6.45, 7) is 0.934. The fraction of sp³-hybridized carbons (Fsp3) is 0.481. The van der Waals surface area contributed by atoms with Crippen molar-refractivity contribution in [2.75, 3.05) is 6.61 Å². The number of ether oxygens (including phenoxy) is 5. The molecule has 0 aromatic heterocycles. The summed E-state index contributed by atoms with van der Waals surface area (Å²) < 4.78 is 28.4. The second kappa shape index (κ2) is 11.7. The van der Waals surface area contributed by atoms with Crippen LogP contribution >= 0.6 is 0 Å². The smallest absolute Gasteiger partial charge is 0.228 e. The van der Waals surface area contributed by atoms with Gasteiger partial charge in [0.1, 0.15) is 65.7 Å². The molecule has 15 heteroatoms. The van der Waals surface area contributed by atoms with Crippen LogP contribution in [0.2, 0.25) is 0 Å². The van der Waals surface area contributed by atoms with Crippen molar-refractivity contribution < 1.29 is 74.7 Å². The summed E-state index contributed by atoms with van der Waals surface area (Å²) in [6.07, 6.45) is -15.1. The van der Waals surface area contributed by atoms with Crippen molar-refractivity contribution in [3.63, 3.8) is 0 Å². The second-order valence-corrected chi connectivity index (χ2v) is 10.3. The molecule has 0 amide bonds. The lowest BCUT2D eigenvalue weighted by molar-refractivity contribution is -0.324. The maximum absolute atomic E-state index is 10.7. The highest BCUT2D eigenvalue weighted by molar-refractivity contribution is 5.69. The van der Waals surface area contributed by atoms with E-state index in [4.69, 9.17) is 23.7 Å². The predicted octanol–water partition coefficient (Wildman–Crippen LogP) is -1.35. The fourth-order valence-electron chi connectivity index (χ4n) is 4.90. The average molecular weight is 597 g/mol. The van der Waals surface area contributed by atoms with E-state index in [9.17, 15) is 51.1 Å². The van der Waals surface area contributed by atoms with Crippen LogP contribution in [0, 0.1) is 0 Å². The van der Waals surface area contributed by atoms with Gasteiger partial charge in [0, 0.05) is 17.7 Å². The van der Waals surface area contributed by atoms with Crippen molar-refractivity contribution in [3.05, 3.63) is 47.2 Å². The van der Waals surface area contributed by atoms with E-state index in [-0.39, 0.29) is 34.1 Å². The van der Waals surface area contributed by atoms with Crippen LogP contribution in [0.5, 0.6) is 28.7 Å². The van der Waals surface area contributed by atoms with Crippen LogP contribution in [-0.4, -0.2) is 119 Å². The Bertz CT molecular complexity index is 1320. The normalized spacial score (nSPS) is 36.5. The Morgan fingerprint density at radius 3 is 2.12 bits per heavy atom. The van der Waals surface area contributed by atoms with Crippen molar-refractivity contribution in [2.24, 2.45) is 0 Å². The van der Waals surface area contributed by atoms with Gasteiger partial charge in [0.05, 0.1) is 18.3 Å². The minimum Gasteiger partial charge on any atom is -0.508 e. The topological polar surface area (TPSA) is 248 Å². The van der Waals surface area contributed by atoms with Crippen molar-refractivity contribution in [2.45, 2.75) is 74.4 Å². The standard InChI is InChI=1S/C27H32O15/c1-9-19(32)21(34)23(36)26(39-9)38-8-18-20(33)22(35)24(37)27(42-18)41-17-7-12-14(30)5-11(28)6-16(12)40-25(17)10-2-3-13(29)15(31)4-10/h2-7,9,18-37H,8H2,1H3. The fourth-order valence-corrected chi connectivity index (χ4v) is 4.90. The molecule has 2 aromatic carbocycles. The number of aromatic hydroxyl groups is 4. The number of fused-ring (bicyclic) bond motifs is 1. The van der Waals surface area contributed by atoms with Crippen molar-refractivity contribution in [3.8, 4) is 28.7 Å². The highest BCUT2D eigenvalue weighted by Gasteiger charge is 2.48. The first kappa shape index (κ1) is 30.1.